The summed E-state index contributed by atoms with van der Waals surface area (Å²) in [5.41, 5.74) is 8.80. The van der Waals surface area contributed by atoms with Crippen LogP contribution in [0.4, 0.5) is 0 Å². The topological polar surface area (TPSA) is 75.9 Å². The Morgan fingerprint density at radius 3 is 2.70 bits per heavy atom. The molecule has 3 N–H and O–H groups in total. The van der Waals surface area contributed by atoms with Gasteiger partial charge in [-0.05, 0) is 17.9 Å². The second-order valence-corrected chi connectivity index (χ2v) is 5.86. The lowest BCUT2D eigenvalue weighted by molar-refractivity contribution is -0.120. The Kier molecular flexibility index (Phi) is 2.74. The number of hydrogen-bond acceptors (Lipinski definition) is 2. The molecule has 0 fully saturated rings. The summed E-state index contributed by atoms with van der Waals surface area (Å²) in [6.07, 6.45) is 0. The van der Waals surface area contributed by atoms with Crippen molar-refractivity contribution in [3.63, 3.8) is 0 Å². The van der Waals surface area contributed by atoms with Gasteiger partial charge in [0.05, 0.1) is 5.92 Å². The minimum Gasteiger partial charge on any atom is -0.369 e. The average molecular weight is 268 g/mol. The van der Waals surface area contributed by atoms with Gasteiger partial charge in [0.15, 0.2) is 5.43 Å². The molecule has 0 radical (unpaired) electrons. The number of rotatable bonds is 1. The quantitative estimate of drug-likeness (QED) is 0.720. The number of carbonyl (C=O) groups excluding carboxylic acids is 1. The molecule has 1 aliphatic rings. The lowest BCUT2D eigenvalue weighted by Crippen LogP contribution is -2.25. The van der Waals surface area contributed by atoms with Crippen molar-refractivity contribution in [2.75, 3.05) is 0 Å². The fourth-order valence-electron chi connectivity index (χ4n) is 3.35. The van der Waals surface area contributed by atoms with Crippen LogP contribution in [-0.4, -0.2) is 18.7 Å². The van der Waals surface area contributed by atoms with Gasteiger partial charge in [-0.2, -0.15) is 0 Å². The molecule has 1 aromatic heterocycles. The molecule has 1 aromatic carbocycles. The summed E-state index contributed by atoms with van der Waals surface area (Å²) in [6.45, 7) is 3.96. The van der Waals surface area contributed by atoms with Crippen molar-refractivity contribution in [3.05, 3.63) is 39.7 Å². The molecule has 0 spiro atoms. The lowest BCUT2D eigenvalue weighted by Gasteiger charge is -2.14. The molecule has 102 valence electrons. The lowest BCUT2D eigenvalue weighted by atomic mass is 9.90. The molecule has 5 heteroatoms. The Labute approximate surface area is 117 Å². The zero-order valence-corrected chi connectivity index (χ0v) is 11.9. The largest absolute Gasteiger partial charge is 0.369 e. The van der Waals surface area contributed by atoms with E-state index in [0.29, 0.717) is 11.1 Å². The first-order valence-electron chi connectivity index (χ1n) is 6.87. The predicted molar refractivity (Wildman–Crippen MR) is 82.3 cm³/mol. The summed E-state index contributed by atoms with van der Waals surface area (Å²) in [5, 5.41) is 0.688. The number of aromatic nitrogens is 1. The maximum atomic E-state index is 12.7. The van der Waals surface area contributed by atoms with Crippen LogP contribution in [0.25, 0.3) is 10.9 Å². The van der Waals surface area contributed by atoms with Crippen molar-refractivity contribution < 1.29 is 4.79 Å². The molecule has 0 bridgehead atoms. The molecule has 4 nitrogen and oxygen atoms in total. The molecule has 3 rings (SSSR count). The van der Waals surface area contributed by atoms with Gasteiger partial charge in [-0.3, -0.25) is 9.59 Å². The number of aromatic amines is 1. The predicted octanol–water partition coefficient (Wildman–Crippen LogP) is 0.109. The van der Waals surface area contributed by atoms with Gasteiger partial charge in [-0.25, -0.2) is 0 Å². The first kappa shape index (κ1) is 13.0. The monoisotopic (exact) mass is 268 g/mol. The number of hydrogen-bond donors (Lipinski definition) is 2. The molecule has 0 saturated heterocycles. The van der Waals surface area contributed by atoms with Crippen LogP contribution in [0.5, 0.6) is 0 Å². The van der Waals surface area contributed by atoms with Gasteiger partial charge < -0.3 is 10.7 Å². The molecule has 1 aliphatic carbocycles. The first-order chi connectivity index (χ1) is 9.41. The highest BCUT2D eigenvalue weighted by molar-refractivity contribution is 6.33. The summed E-state index contributed by atoms with van der Waals surface area (Å²) in [7, 11) is 1.96. The second-order valence-electron chi connectivity index (χ2n) is 5.86. The van der Waals surface area contributed by atoms with Crippen LogP contribution < -0.4 is 16.6 Å². The Morgan fingerprint density at radius 1 is 1.35 bits per heavy atom. The fourth-order valence-corrected chi connectivity index (χ4v) is 3.35. The van der Waals surface area contributed by atoms with Gasteiger partial charge in [0.25, 0.3) is 0 Å². The number of carbonyl (C=O) groups is 1. The second kappa shape index (κ2) is 4.23. The van der Waals surface area contributed by atoms with E-state index in [9.17, 15) is 9.59 Å². The smallest absolute Gasteiger partial charge is 0.226 e. The van der Waals surface area contributed by atoms with E-state index in [1.807, 2.05) is 39.9 Å². The number of pyridine rings is 1. The molecule has 1 amide bonds. The third-order valence-electron chi connectivity index (χ3n) is 4.61. The highest BCUT2D eigenvalue weighted by atomic mass is 16.1. The van der Waals surface area contributed by atoms with E-state index in [1.54, 1.807) is 0 Å². The SMILES string of the molecule is Bc1ccc2[nH]c3c(c(=O)c2c1)C(C)C(C)C3C(N)=O. The number of amides is 1. The number of fused-ring (bicyclic) bond motifs is 2. The first-order valence-corrected chi connectivity index (χ1v) is 6.87. The van der Waals surface area contributed by atoms with E-state index in [4.69, 9.17) is 5.73 Å². The van der Waals surface area contributed by atoms with Gasteiger partial charge in [-0.1, -0.05) is 31.4 Å². The van der Waals surface area contributed by atoms with Crippen molar-refractivity contribution in [1.82, 2.24) is 4.98 Å². The zero-order valence-electron chi connectivity index (χ0n) is 11.9. The molecule has 1 heterocycles. The summed E-state index contributed by atoms with van der Waals surface area (Å²) >= 11 is 0. The Balaban J connectivity index is 2.39. The van der Waals surface area contributed by atoms with Gasteiger partial charge in [-0.15, -0.1) is 0 Å². The van der Waals surface area contributed by atoms with E-state index < -0.39 is 5.92 Å². The molecule has 20 heavy (non-hydrogen) atoms. The molecule has 3 unspecified atom stereocenters. The van der Waals surface area contributed by atoms with E-state index in [0.717, 1.165) is 16.5 Å². The minimum absolute atomic E-state index is 0.0283. The van der Waals surface area contributed by atoms with E-state index >= 15 is 0 Å². The van der Waals surface area contributed by atoms with Crippen LogP contribution in [0.15, 0.2) is 23.0 Å². The van der Waals surface area contributed by atoms with Crippen molar-refractivity contribution >= 4 is 30.1 Å². The summed E-state index contributed by atoms with van der Waals surface area (Å²) in [5.74, 6) is -0.691. The number of nitrogens with one attached hydrogen (secondary N) is 1. The standard InChI is InChI=1S/C15H17BN2O2/c1-6-7(2)12(15(17)20)13-11(6)14(19)9-5-8(16)3-4-10(9)18-13/h3-7,12H,16H2,1-2H3,(H2,17,20)(H,18,19). The normalized spacial score (nSPS) is 24.8. The van der Waals surface area contributed by atoms with Gasteiger partial charge in [0.1, 0.15) is 7.85 Å². The van der Waals surface area contributed by atoms with Crippen molar-refractivity contribution in [1.29, 1.82) is 0 Å². The van der Waals surface area contributed by atoms with Crippen LogP contribution >= 0.6 is 0 Å². The third-order valence-corrected chi connectivity index (χ3v) is 4.61. The van der Waals surface area contributed by atoms with Gasteiger partial charge in [0, 0.05) is 22.2 Å². The van der Waals surface area contributed by atoms with Crippen molar-refractivity contribution in [3.8, 4) is 0 Å². The number of benzene rings is 1. The summed E-state index contributed by atoms with van der Waals surface area (Å²) in [6, 6.07) is 5.73. The summed E-state index contributed by atoms with van der Waals surface area (Å²) in [4.78, 5) is 27.7. The highest BCUT2D eigenvalue weighted by Gasteiger charge is 2.41. The fraction of sp³-hybridized carbons (Fsp3) is 0.333. The molecule has 0 aliphatic heterocycles. The Morgan fingerprint density at radius 2 is 2.05 bits per heavy atom. The maximum Gasteiger partial charge on any atom is 0.226 e. The van der Waals surface area contributed by atoms with E-state index in [-0.39, 0.29) is 23.2 Å². The number of nitrogens with two attached hydrogens (primary N) is 1. The highest BCUT2D eigenvalue weighted by Crippen LogP contribution is 2.43. The molecule has 2 aromatic rings. The summed E-state index contributed by atoms with van der Waals surface area (Å²) < 4.78 is 0. The molecular weight excluding hydrogens is 251 g/mol. The van der Waals surface area contributed by atoms with Gasteiger partial charge in [0.2, 0.25) is 5.91 Å². The van der Waals surface area contributed by atoms with E-state index in [2.05, 4.69) is 4.98 Å². The van der Waals surface area contributed by atoms with E-state index in [1.165, 1.54) is 0 Å². The Hall–Kier alpha value is -2.04. The number of H-pyrrole nitrogens is 1. The molecule has 0 saturated carbocycles. The zero-order chi connectivity index (χ0) is 14.6. The Bertz CT molecular complexity index is 781. The van der Waals surface area contributed by atoms with Crippen LogP contribution in [0, 0.1) is 5.92 Å². The van der Waals surface area contributed by atoms with Crippen LogP contribution in [-0.2, 0) is 4.79 Å². The minimum atomic E-state index is -0.404. The van der Waals surface area contributed by atoms with Crippen molar-refractivity contribution in [2.45, 2.75) is 25.7 Å². The molecular formula is C15H17BN2O2. The molecule has 3 atom stereocenters. The van der Waals surface area contributed by atoms with Crippen LogP contribution in [0.1, 0.15) is 36.9 Å². The van der Waals surface area contributed by atoms with Crippen LogP contribution in [0.3, 0.4) is 0 Å². The average Bonchev–Trinajstić information content (AvgIpc) is 2.63. The maximum absolute atomic E-state index is 12.7. The number of primary amides is 1. The van der Waals surface area contributed by atoms with Crippen LogP contribution in [0.2, 0.25) is 0 Å². The van der Waals surface area contributed by atoms with Crippen molar-refractivity contribution in [2.24, 2.45) is 11.7 Å². The third kappa shape index (κ3) is 1.62. The van der Waals surface area contributed by atoms with Gasteiger partial charge >= 0.3 is 0 Å².